The lowest BCUT2D eigenvalue weighted by molar-refractivity contribution is -0.137. The van der Waals surface area contributed by atoms with Crippen LogP contribution in [0.3, 0.4) is 0 Å². The summed E-state index contributed by atoms with van der Waals surface area (Å²) in [6, 6.07) is 22.9. The zero-order valence-electron chi connectivity index (χ0n) is 17.8. The van der Waals surface area contributed by atoms with Gasteiger partial charge in [0, 0.05) is 11.1 Å². The van der Waals surface area contributed by atoms with Crippen molar-refractivity contribution in [1.29, 1.82) is 0 Å². The second kappa shape index (κ2) is 10.1. The van der Waals surface area contributed by atoms with Crippen LogP contribution in [-0.2, 0) is 4.79 Å². The van der Waals surface area contributed by atoms with E-state index in [4.69, 9.17) is 16.3 Å². The second-order valence-electron chi connectivity index (χ2n) is 7.38. The van der Waals surface area contributed by atoms with Crippen LogP contribution in [0.2, 0.25) is 5.02 Å². The van der Waals surface area contributed by atoms with Crippen LogP contribution in [0, 0.1) is 0 Å². The number of carboxylic acids is 1. The van der Waals surface area contributed by atoms with Gasteiger partial charge in [0.25, 0.3) is 5.91 Å². The Balaban J connectivity index is 1.51. The van der Waals surface area contributed by atoms with Gasteiger partial charge in [-0.3, -0.25) is 9.59 Å². The van der Waals surface area contributed by atoms with E-state index >= 15 is 0 Å². The quantitative estimate of drug-likeness (QED) is 0.330. The van der Waals surface area contributed by atoms with E-state index in [2.05, 4.69) is 10.4 Å². The number of aromatic nitrogens is 2. The molecule has 3 N–H and O–H groups in total. The molecular formula is C25H20ClN3O5. The van der Waals surface area contributed by atoms with Crippen molar-refractivity contribution in [1.82, 2.24) is 15.1 Å². The number of amides is 1. The summed E-state index contributed by atoms with van der Waals surface area (Å²) in [5.41, 5.74) is 1.03. The van der Waals surface area contributed by atoms with Gasteiger partial charge in [-0.1, -0.05) is 41.9 Å². The van der Waals surface area contributed by atoms with E-state index in [1.54, 1.807) is 48.5 Å². The van der Waals surface area contributed by atoms with Crippen LogP contribution in [0.5, 0.6) is 17.4 Å². The third kappa shape index (κ3) is 5.54. The number of para-hydroxylation sites is 1. The highest BCUT2D eigenvalue weighted by Gasteiger charge is 2.22. The van der Waals surface area contributed by atoms with Crippen LogP contribution < -0.4 is 10.1 Å². The van der Waals surface area contributed by atoms with Crippen LogP contribution >= 0.6 is 11.6 Å². The van der Waals surface area contributed by atoms with Crippen molar-refractivity contribution in [3.8, 4) is 23.1 Å². The molecule has 0 radical (unpaired) electrons. The van der Waals surface area contributed by atoms with Gasteiger partial charge in [-0.25, -0.2) is 4.68 Å². The molecule has 0 aliphatic rings. The van der Waals surface area contributed by atoms with E-state index in [-0.39, 0.29) is 18.0 Å². The van der Waals surface area contributed by atoms with Gasteiger partial charge < -0.3 is 20.3 Å². The molecule has 0 aliphatic heterocycles. The molecule has 8 nitrogen and oxygen atoms in total. The Morgan fingerprint density at radius 3 is 2.26 bits per heavy atom. The monoisotopic (exact) mass is 477 g/mol. The lowest BCUT2D eigenvalue weighted by Crippen LogP contribution is -2.30. The Bertz CT molecular complexity index is 1290. The van der Waals surface area contributed by atoms with Crippen LogP contribution in [0.15, 0.2) is 84.9 Å². The number of nitrogens with one attached hydrogen (secondary N) is 1. The minimum atomic E-state index is -1.08. The maximum atomic E-state index is 12.8. The summed E-state index contributed by atoms with van der Waals surface area (Å²) in [5.74, 6) is -0.711. The van der Waals surface area contributed by atoms with Crippen LogP contribution in [0.25, 0.3) is 5.69 Å². The summed E-state index contributed by atoms with van der Waals surface area (Å²) in [7, 11) is 0. The lowest BCUT2D eigenvalue weighted by atomic mass is 10.0. The number of carbonyl (C=O) groups is 2. The fourth-order valence-electron chi connectivity index (χ4n) is 3.31. The first-order valence-electron chi connectivity index (χ1n) is 10.3. The number of carbonyl (C=O) groups excluding carboxylic acids is 1. The van der Waals surface area contributed by atoms with Crippen molar-refractivity contribution in [3.05, 3.63) is 101 Å². The van der Waals surface area contributed by atoms with Crippen LogP contribution in [0.4, 0.5) is 0 Å². The summed E-state index contributed by atoms with van der Waals surface area (Å²) in [4.78, 5) is 24.3. The van der Waals surface area contributed by atoms with Gasteiger partial charge in [-0.2, -0.15) is 5.10 Å². The van der Waals surface area contributed by atoms with Gasteiger partial charge in [-0.05, 0) is 54.1 Å². The molecule has 0 spiro atoms. The number of aromatic hydroxyl groups is 1. The highest BCUT2D eigenvalue weighted by Crippen LogP contribution is 2.25. The number of rotatable bonds is 8. The molecule has 0 aliphatic carbocycles. The van der Waals surface area contributed by atoms with Crippen LogP contribution in [0.1, 0.15) is 28.5 Å². The molecular weight excluding hydrogens is 458 g/mol. The van der Waals surface area contributed by atoms with Gasteiger partial charge in [0.15, 0.2) is 5.69 Å². The van der Waals surface area contributed by atoms with E-state index in [0.717, 1.165) is 0 Å². The molecule has 172 valence electrons. The van der Waals surface area contributed by atoms with Crippen molar-refractivity contribution >= 4 is 23.5 Å². The number of hydrogen-bond acceptors (Lipinski definition) is 5. The molecule has 1 atom stereocenters. The fourth-order valence-corrected chi connectivity index (χ4v) is 3.43. The smallest absolute Gasteiger partial charge is 0.305 e. The average molecular weight is 478 g/mol. The normalized spacial score (nSPS) is 11.6. The molecule has 1 unspecified atom stereocenters. The molecule has 34 heavy (non-hydrogen) atoms. The van der Waals surface area contributed by atoms with Crippen molar-refractivity contribution < 1.29 is 24.5 Å². The fraction of sp³-hybridized carbons (Fsp3) is 0.0800. The molecule has 4 aromatic rings. The number of aliphatic carboxylic acids is 1. The van der Waals surface area contributed by atoms with Crippen molar-refractivity contribution in [2.75, 3.05) is 0 Å². The van der Waals surface area contributed by atoms with E-state index in [9.17, 15) is 19.8 Å². The van der Waals surface area contributed by atoms with Crippen molar-refractivity contribution in [3.63, 3.8) is 0 Å². The van der Waals surface area contributed by atoms with Crippen LogP contribution in [-0.4, -0.2) is 31.9 Å². The Hall–Kier alpha value is -4.30. The highest BCUT2D eigenvalue weighted by atomic mass is 35.5. The number of hydrogen-bond donors (Lipinski definition) is 3. The Morgan fingerprint density at radius 1 is 0.971 bits per heavy atom. The number of carboxylic acid groups (broad SMARTS) is 1. The molecule has 0 saturated carbocycles. The largest absolute Gasteiger partial charge is 0.493 e. The molecule has 9 heteroatoms. The van der Waals surface area contributed by atoms with Gasteiger partial charge in [0.2, 0.25) is 5.88 Å². The zero-order valence-corrected chi connectivity index (χ0v) is 18.5. The SMILES string of the molecule is O=C(O)CC(NC(=O)c1cc(O)n(-c2ccc(Cl)cc2)n1)c1ccc(Oc2ccccc2)cc1. The Labute approximate surface area is 200 Å². The maximum absolute atomic E-state index is 12.8. The predicted octanol–water partition coefficient (Wildman–Crippen LogP) is 4.97. The Kier molecular flexibility index (Phi) is 6.79. The lowest BCUT2D eigenvalue weighted by Gasteiger charge is -2.17. The maximum Gasteiger partial charge on any atom is 0.305 e. The number of benzene rings is 3. The van der Waals surface area contributed by atoms with E-state index in [1.165, 1.54) is 10.7 Å². The third-order valence-electron chi connectivity index (χ3n) is 4.94. The van der Waals surface area contributed by atoms with Crippen molar-refractivity contribution in [2.45, 2.75) is 12.5 Å². The van der Waals surface area contributed by atoms with Gasteiger partial charge >= 0.3 is 5.97 Å². The average Bonchev–Trinajstić information content (AvgIpc) is 3.22. The standard InChI is InChI=1S/C25H20ClN3O5/c26-17-8-10-18(11-9-17)29-23(30)14-22(28-29)25(33)27-21(15-24(31)32)16-6-12-20(13-7-16)34-19-4-2-1-3-5-19/h1-14,21,30H,15H2,(H,27,33)(H,31,32). The van der Waals surface area contributed by atoms with Crippen molar-refractivity contribution in [2.24, 2.45) is 0 Å². The zero-order chi connectivity index (χ0) is 24.1. The summed E-state index contributed by atoms with van der Waals surface area (Å²) in [5, 5.41) is 26.9. The molecule has 1 heterocycles. The van der Waals surface area contributed by atoms with Gasteiger partial charge in [0.05, 0.1) is 18.2 Å². The second-order valence-corrected chi connectivity index (χ2v) is 7.82. The summed E-state index contributed by atoms with van der Waals surface area (Å²) < 4.78 is 6.95. The first-order valence-corrected chi connectivity index (χ1v) is 10.7. The van der Waals surface area contributed by atoms with Gasteiger partial charge in [0.1, 0.15) is 11.5 Å². The molecule has 0 fully saturated rings. The summed E-state index contributed by atoms with van der Waals surface area (Å²) in [6.45, 7) is 0. The number of halogens is 1. The topological polar surface area (TPSA) is 114 Å². The predicted molar refractivity (Wildman–Crippen MR) is 126 cm³/mol. The van der Waals surface area contributed by atoms with E-state index in [1.807, 2.05) is 30.3 Å². The third-order valence-corrected chi connectivity index (χ3v) is 5.19. The van der Waals surface area contributed by atoms with E-state index in [0.29, 0.717) is 27.8 Å². The van der Waals surface area contributed by atoms with E-state index < -0.39 is 17.9 Å². The molecule has 0 bridgehead atoms. The minimum Gasteiger partial charge on any atom is -0.493 e. The minimum absolute atomic E-state index is 0.0631. The summed E-state index contributed by atoms with van der Waals surface area (Å²) in [6.07, 6.45) is -0.339. The summed E-state index contributed by atoms with van der Waals surface area (Å²) >= 11 is 5.89. The number of ether oxygens (including phenoxy) is 1. The number of nitrogens with zero attached hydrogens (tertiary/aromatic N) is 2. The van der Waals surface area contributed by atoms with Gasteiger partial charge in [-0.15, -0.1) is 0 Å². The molecule has 1 aromatic heterocycles. The molecule has 3 aromatic carbocycles. The molecule has 0 saturated heterocycles. The first-order chi connectivity index (χ1) is 16.4. The molecule has 4 rings (SSSR count). The first kappa shape index (κ1) is 22.9. The highest BCUT2D eigenvalue weighted by molar-refractivity contribution is 6.30. The molecule has 1 amide bonds. The Morgan fingerprint density at radius 2 is 1.62 bits per heavy atom.